The Labute approximate surface area is 165 Å². The van der Waals surface area contributed by atoms with Crippen LogP contribution in [0.2, 0.25) is 0 Å². The van der Waals surface area contributed by atoms with Gasteiger partial charge in [-0.2, -0.15) is 0 Å². The molecule has 2 aromatic carbocycles. The monoisotopic (exact) mass is 379 g/mol. The molecule has 0 radical (unpaired) electrons. The zero-order valence-electron chi connectivity index (χ0n) is 15.9. The highest BCUT2D eigenvalue weighted by Crippen LogP contribution is 2.24. The van der Waals surface area contributed by atoms with E-state index < -0.39 is 0 Å². The van der Waals surface area contributed by atoms with Crippen molar-refractivity contribution in [2.75, 3.05) is 17.7 Å². The van der Waals surface area contributed by atoms with Crippen molar-refractivity contribution in [2.24, 2.45) is 0 Å². The zero-order chi connectivity index (χ0) is 19.1. The van der Waals surface area contributed by atoms with Crippen LogP contribution in [0, 0.1) is 0 Å². The van der Waals surface area contributed by atoms with Crippen molar-refractivity contribution in [3.05, 3.63) is 66.5 Å². The second-order valence-corrected chi connectivity index (χ2v) is 7.39. The molecule has 0 fully saturated rings. The second kappa shape index (κ2) is 9.39. The summed E-state index contributed by atoms with van der Waals surface area (Å²) in [5.41, 5.74) is 3.35. The van der Waals surface area contributed by atoms with Gasteiger partial charge in [0.2, 0.25) is 0 Å². The van der Waals surface area contributed by atoms with Gasteiger partial charge in [0.05, 0.1) is 0 Å². The Morgan fingerprint density at radius 3 is 2.30 bits per heavy atom. The molecule has 0 aliphatic carbocycles. The molecule has 0 spiro atoms. The Hall–Kier alpha value is -2.57. The van der Waals surface area contributed by atoms with Crippen LogP contribution in [0.3, 0.4) is 0 Å². The predicted molar refractivity (Wildman–Crippen MR) is 115 cm³/mol. The topological polar surface area (TPSA) is 61.9 Å². The fourth-order valence-electron chi connectivity index (χ4n) is 2.68. The third kappa shape index (κ3) is 5.45. The smallest absolute Gasteiger partial charge is 0.135 e. The van der Waals surface area contributed by atoms with Gasteiger partial charge in [-0.15, -0.1) is 0 Å². The summed E-state index contributed by atoms with van der Waals surface area (Å²) in [6.45, 7) is 4.45. The molecule has 5 nitrogen and oxygen atoms in total. The third-order valence-corrected chi connectivity index (χ3v) is 5.05. The normalized spacial score (nSPS) is 11.8. The second-order valence-electron chi connectivity index (χ2n) is 6.30. The van der Waals surface area contributed by atoms with Gasteiger partial charge in [-0.1, -0.05) is 32.0 Å². The summed E-state index contributed by atoms with van der Waals surface area (Å²) in [7, 11) is 1.91. The lowest BCUT2D eigenvalue weighted by molar-refractivity contribution is 0.734. The first-order valence-electron chi connectivity index (χ1n) is 9.07. The van der Waals surface area contributed by atoms with Gasteiger partial charge in [0.25, 0.3) is 0 Å². The Morgan fingerprint density at radius 2 is 1.63 bits per heavy atom. The maximum absolute atomic E-state index is 4.32. The minimum atomic E-state index is 0.575. The quantitative estimate of drug-likeness (QED) is 0.436. The van der Waals surface area contributed by atoms with Crippen molar-refractivity contribution in [3.63, 3.8) is 0 Å². The molecule has 0 bridgehead atoms. The highest BCUT2D eigenvalue weighted by Gasteiger charge is 2.04. The van der Waals surface area contributed by atoms with Gasteiger partial charge in [-0.25, -0.2) is 9.97 Å². The lowest BCUT2D eigenvalue weighted by Gasteiger charge is -2.12. The molecule has 1 atom stereocenters. The van der Waals surface area contributed by atoms with Crippen LogP contribution in [0.1, 0.15) is 31.7 Å². The fourth-order valence-corrected chi connectivity index (χ4v) is 3.24. The molecule has 1 aromatic heterocycles. The number of hydrogen-bond donors (Lipinski definition) is 3. The third-order valence-electron chi connectivity index (χ3n) is 4.36. The van der Waals surface area contributed by atoms with Crippen LogP contribution < -0.4 is 15.4 Å². The number of nitrogens with zero attached hydrogens (tertiary/aromatic N) is 2. The number of anilines is 4. The lowest BCUT2D eigenvalue weighted by atomic mass is 9.99. The first-order valence-corrected chi connectivity index (χ1v) is 9.89. The number of nitrogens with one attached hydrogen (secondary N) is 3. The molecule has 1 heterocycles. The average Bonchev–Trinajstić information content (AvgIpc) is 2.69. The molecular formula is C21H25N5S. The standard InChI is InChI=1S/C21H25N5S/c1-4-15(2)16-8-10-17(11-9-16)25-20-13-21(24-14-23-20)26-18-6-5-7-19(12-18)27-22-3/h5-15,22H,4H2,1-3H3,(H2,23,24,25,26). The summed E-state index contributed by atoms with van der Waals surface area (Å²) < 4.78 is 3.08. The molecule has 140 valence electrons. The van der Waals surface area contributed by atoms with E-state index in [-0.39, 0.29) is 0 Å². The molecule has 3 rings (SSSR count). The summed E-state index contributed by atoms with van der Waals surface area (Å²) in [4.78, 5) is 9.77. The number of benzene rings is 2. The van der Waals surface area contributed by atoms with Gasteiger partial charge < -0.3 is 10.6 Å². The summed E-state index contributed by atoms with van der Waals surface area (Å²) in [6, 6.07) is 18.6. The molecule has 0 saturated carbocycles. The molecule has 6 heteroatoms. The molecule has 0 aliphatic rings. The number of rotatable bonds is 8. The predicted octanol–water partition coefficient (Wildman–Crippen LogP) is 5.70. The molecule has 0 aliphatic heterocycles. The molecule has 0 saturated heterocycles. The number of hydrogen-bond acceptors (Lipinski definition) is 6. The molecule has 1 unspecified atom stereocenters. The van der Waals surface area contributed by atoms with E-state index in [0.717, 1.165) is 34.3 Å². The molecule has 0 amide bonds. The van der Waals surface area contributed by atoms with E-state index in [4.69, 9.17) is 0 Å². The zero-order valence-corrected chi connectivity index (χ0v) is 16.7. The van der Waals surface area contributed by atoms with E-state index in [1.807, 2.05) is 25.2 Å². The van der Waals surface area contributed by atoms with Crippen molar-refractivity contribution in [3.8, 4) is 0 Å². The van der Waals surface area contributed by atoms with E-state index in [1.165, 1.54) is 5.56 Å². The Balaban J connectivity index is 1.69. The highest BCUT2D eigenvalue weighted by molar-refractivity contribution is 7.97. The summed E-state index contributed by atoms with van der Waals surface area (Å²) in [5.74, 6) is 2.07. The van der Waals surface area contributed by atoms with Crippen LogP contribution in [0.5, 0.6) is 0 Å². The average molecular weight is 380 g/mol. The fraction of sp³-hybridized carbons (Fsp3) is 0.238. The number of aromatic nitrogens is 2. The van der Waals surface area contributed by atoms with E-state index in [0.29, 0.717) is 5.92 Å². The lowest BCUT2D eigenvalue weighted by Crippen LogP contribution is -1.99. The van der Waals surface area contributed by atoms with Crippen molar-refractivity contribution in [1.82, 2.24) is 14.7 Å². The maximum Gasteiger partial charge on any atom is 0.135 e. The van der Waals surface area contributed by atoms with Gasteiger partial charge in [0.15, 0.2) is 0 Å². The van der Waals surface area contributed by atoms with E-state index in [1.54, 1.807) is 18.3 Å². The van der Waals surface area contributed by atoms with Crippen molar-refractivity contribution < 1.29 is 0 Å². The van der Waals surface area contributed by atoms with Gasteiger partial charge in [-0.05, 0) is 67.2 Å². The van der Waals surface area contributed by atoms with Gasteiger partial charge in [0.1, 0.15) is 18.0 Å². The maximum atomic E-state index is 4.32. The van der Waals surface area contributed by atoms with Crippen LogP contribution in [-0.4, -0.2) is 17.0 Å². The van der Waals surface area contributed by atoms with Gasteiger partial charge >= 0.3 is 0 Å². The first-order chi connectivity index (χ1) is 13.2. The first kappa shape index (κ1) is 19.2. The summed E-state index contributed by atoms with van der Waals surface area (Å²) >= 11 is 1.57. The Bertz CT molecular complexity index is 866. The van der Waals surface area contributed by atoms with Crippen LogP contribution >= 0.6 is 11.9 Å². The Morgan fingerprint density at radius 1 is 0.926 bits per heavy atom. The van der Waals surface area contributed by atoms with Crippen LogP contribution in [-0.2, 0) is 0 Å². The molecule has 3 aromatic rings. The van der Waals surface area contributed by atoms with Crippen molar-refractivity contribution >= 4 is 35.0 Å². The van der Waals surface area contributed by atoms with E-state index in [2.05, 4.69) is 75.6 Å². The van der Waals surface area contributed by atoms with E-state index in [9.17, 15) is 0 Å². The highest BCUT2D eigenvalue weighted by atomic mass is 32.2. The Kier molecular flexibility index (Phi) is 6.68. The minimum absolute atomic E-state index is 0.575. The summed E-state index contributed by atoms with van der Waals surface area (Å²) in [5, 5.41) is 6.67. The van der Waals surface area contributed by atoms with Crippen LogP contribution in [0.25, 0.3) is 0 Å². The van der Waals surface area contributed by atoms with Crippen LogP contribution in [0.15, 0.2) is 65.8 Å². The van der Waals surface area contributed by atoms with Gasteiger partial charge in [0, 0.05) is 22.3 Å². The molecule has 27 heavy (non-hydrogen) atoms. The van der Waals surface area contributed by atoms with Crippen molar-refractivity contribution in [2.45, 2.75) is 31.1 Å². The molecule has 3 N–H and O–H groups in total. The minimum Gasteiger partial charge on any atom is -0.340 e. The van der Waals surface area contributed by atoms with Crippen LogP contribution in [0.4, 0.5) is 23.0 Å². The van der Waals surface area contributed by atoms with E-state index >= 15 is 0 Å². The molecular weight excluding hydrogens is 354 g/mol. The SMILES string of the molecule is CCC(C)c1ccc(Nc2cc(Nc3cccc(SNC)c3)ncn2)cc1. The van der Waals surface area contributed by atoms with Crippen molar-refractivity contribution in [1.29, 1.82) is 0 Å². The summed E-state index contributed by atoms with van der Waals surface area (Å²) in [6.07, 6.45) is 2.70. The van der Waals surface area contributed by atoms with Gasteiger partial charge in [-0.3, -0.25) is 4.72 Å². The largest absolute Gasteiger partial charge is 0.340 e.